The first-order valence-corrected chi connectivity index (χ1v) is 9.64. The molecular formula is C22H32ClOY-. The maximum atomic E-state index is 10.4. The van der Waals surface area contributed by atoms with Gasteiger partial charge < -0.3 is 12.0 Å². The molecule has 1 saturated carbocycles. The minimum atomic E-state index is -0.441. The van der Waals surface area contributed by atoms with E-state index in [2.05, 4.69) is 64.1 Å². The molecule has 0 spiro atoms. The molecule has 0 saturated heterocycles. The molecule has 1 aromatic carbocycles. The van der Waals surface area contributed by atoms with E-state index >= 15 is 0 Å². The van der Waals surface area contributed by atoms with Crippen LogP contribution in [0.3, 0.4) is 0 Å². The molecule has 1 aliphatic rings. The van der Waals surface area contributed by atoms with Crippen molar-refractivity contribution in [1.29, 1.82) is 0 Å². The minimum absolute atomic E-state index is 0. The summed E-state index contributed by atoms with van der Waals surface area (Å²) in [5, 5.41) is 10.7. The molecule has 1 fully saturated rings. The molecule has 0 aliphatic heterocycles. The van der Waals surface area contributed by atoms with Crippen LogP contribution < -0.4 is 0 Å². The zero-order valence-electron chi connectivity index (χ0n) is 15.9. The van der Waals surface area contributed by atoms with Crippen LogP contribution in [0.5, 0.6) is 0 Å². The fourth-order valence-corrected chi connectivity index (χ4v) is 4.16. The quantitative estimate of drug-likeness (QED) is 0.310. The SMILES string of the molecule is [CH2-]CC/C=C\CC1CCC(Cl)C1c1ccc(C(O)C(C)(C)C)cc1.[Y]. The van der Waals surface area contributed by atoms with E-state index in [1.54, 1.807) is 0 Å². The van der Waals surface area contributed by atoms with Gasteiger partial charge in [0, 0.05) is 44.0 Å². The summed E-state index contributed by atoms with van der Waals surface area (Å²) in [6.07, 6.45) is 9.50. The summed E-state index contributed by atoms with van der Waals surface area (Å²) >= 11 is 6.64. The van der Waals surface area contributed by atoms with E-state index in [0.717, 1.165) is 31.2 Å². The summed E-state index contributed by atoms with van der Waals surface area (Å²) in [5.74, 6) is 1.03. The van der Waals surface area contributed by atoms with Crippen LogP contribution in [0.1, 0.15) is 76.0 Å². The molecular weight excluding hydrogens is 405 g/mol. The van der Waals surface area contributed by atoms with E-state index in [1.165, 1.54) is 12.0 Å². The molecule has 0 amide bonds. The first-order valence-electron chi connectivity index (χ1n) is 9.21. The van der Waals surface area contributed by atoms with Gasteiger partial charge in [-0.15, -0.1) is 11.6 Å². The van der Waals surface area contributed by atoms with Crippen molar-refractivity contribution in [3.63, 3.8) is 0 Å². The van der Waals surface area contributed by atoms with Gasteiger partial charge in [0.2, 0.25) is 0 Å². The van der Waals surface area contributed by atoms with Crippen LogP contribution in [0.25, 0.3) is 0 Å². The van der Waals surface area contributed by atoms with Crippen molar-refractivity contribution in [2.24, 2.45) is 11.3 Å². The number of benzene rings is 1. The first kappa shape index (κ1) is 23.4. The van der Waals surface area contributed by atoms with Crippen LogP contribution in [-0.2, 0) is 32.7 Å². The maximum absolute atomic E-state index is 10.4. The molecule has 0 aromatic heterocycles. The topological polar surface area (TPSA) is 20.2 Å². The Morgan fingerprint density at radius 1 is 1.20 bits per heavy atom. The largest absolute Gasteiger partial charge is 0.388 e. The van der Waals surface area contributed by atoms with Gasteiger partial charge in [-0.05, 0) is 41.7 Å². The summed E-state index contributed by atoms with van der Waals surface area (Å²) in [4.78, 5) is 0. The van der Waals surface area contributed by atoms with Gasteiger partial charge in [-0.2, -0.15) is 6.42 Å². The van der Waals surface area contributed by atoms with Crippen LogP contribution in [0.15, 0.2) is 36.4 Å². The first-order chi connectivity index (χ1) is 11.3. The van der Waals surface area contributed by atoms with Crippen molar-refractivity contribution >= 4 is 11.6 Å². The molecule has 0 heterocycles. The Bertz CT molecular complexity index is 532. The Labute approximate surface area is 184 Å². The van der Waals surface area contributed by atoms with Gasteiger partial charge in [-0.1, -0.05) is 63.6 Å². The monoisotopic (exact) mass is 436 g/mol. The second kappa shape index (κ2) is 10.6. The van der Waals surface area contributed by atoms with Gasteiger partial charge >= 0.3 is 0 Å². The van der Waals surface area contributed by atoms with E-state index in [9.17, 15) is 5.11 Å². The predicted molar refractivity (Wildman–Crippen MR) is 104 cm³/mol. The third-order valence-electron chi connectivity index (χ3n) is 5.14. The van der Waals surface area contributed by atoms with E-state index in [4.69, 9.17) is 11.6 Å². The number of aliphatic hydroxyl groups is 1. The van der Waals surface area contributed by atoms with Crippen molar-refractivity contribution in [2.45, 2.75) is 70.3 Å². The van der Waals surface area contributed by atoms with Crippen molar-refractivity contribution in [3.8, 4) is 0 Å². The zero-order chi connectivity index (χ0) is 17.7. The van der Waals surface area contributed by atoms with Crippen LogP contribution in [0.4, 0.5) is 0 Å². The number of rotatable bonds is 6. The summed E-state index contributed by atoms with van der Waals surface area (Å²) < 4.78 is 0. The normalized spacial score (nSPS) is 25.1. The average molecular weight is 437 g/mol. The fraction of sp³-hybridized carbons (Fsp3) is 0.591. The van der Waals surface area contributed by atoms with Gasteiger partial charge in [-0.3, -0.25) is 0 Å². The molecule has 0 bridgehead atoms. The molecule has 1 nitrogen and oxygen atoms in total. The number of halogens is 1. The van der Waals surface area contributed by atoms with Gasteiger partial charge in [0.25, 0.3) is 0 Å². The van der Waals surface area contributed by atoms with Crippen molar-refractivity contribution < 1.29 is 37.8 Å². The van der Waals surface area contributed by atoms with Crippen molar-refractivity contribution in [2.75, 3.05) is 0 Å². The predicted octanol–water partition coefficient (Wildman–Crippen LogP) is 6.43. The molecule has 1 aromatic rings. The molecule has 137 valence electrons. The molecule has 3 heteroatoms. The van der Waals surface area contributed by atoms with E-state index in [-0.39, 0.29) is 43.5 Å². The third kappa shape index (κ3) is 6.45. The third-order valence-corrected chi connectivity index (χ3v) is 5.63. The number of alkyl halides is 1. The summed E-state index contributed by atoms with van der Waals surface area (Å²) in [7, 11) is 0. The van der Waals surface area contributed by atoms with Crippen LogP contribution in [0.2, 0.25) is 0 Å². The number of allylic oxidation sites excluding steroid dienone is 2. The molecule has 1 aliphatic carbocycles. The minimum Gasteiger partial charge on any atom is -0.388 e. The smallest absolute Gasteiger partial charge is 0.0838 e. The average Bonchev–Trinajstić information content (AvgIpc) is 2.91. The second-order valence-corrected chi connectivity index (χ2v) is 8.72. The number of aliphatic hydroxyl groups excluding tert-OH is 1. The van der Waals surface area contributed by atoms with Crippen LogP contribution in [0, 0.1) is 18.3 Å². The Balaban J connectivity index is 0.00000312. The van der Waals surface area contributed by atoms with E-state index in [1.807, 2.05) is 0 Å². The van der Waals surface area contributed by atoms with Gasteiger partial charge in [0.05, 0.1) is 6.10 Å². The Kier molecular flexibility index (Phi) is 9.90. The van der Waals surface area contributed by atoms with E-state index in [0.29, 0.717) is 11.8 Å². The van der Waals surface area contributed by atoms with Gasteiger partial charge in [0.15, 0.2) is 0 Å². The Morgan fingerprint density at radius 2 is 1.84 bits per heavy atom. The van der Waals surface area contributed by atoms with E-state index < -0.39 is 6.10 Å². The molecule has 1 N–H and O–H groups in total. The van der Waals surface area contributed by atoms with Crippen LogP contribution >= 0.6 is 11.6 Å². The van der Waals surface area contributed by atoms with Gasteiger partial charge in [-0.25, -0.2) is 0 Å². The molecule has 1 radical (unpaired) electrons. The molecule has 4 atom stereocenters. The Morgan fingerprint density at radius 3 is 2.40 bits per heavy atom. The second-order valence-electron chi connectivity index (χ2n) is 8.16. The maximum Gasteiger partial charge on any atom is 0.0838 e. The number of unbranched alkanes of at least 4 members (excludes halogenated alkanes) is 1. The van der Waals surface area contributed by atoms with Gasteiger partial charge in [0.1, 0.15) is 0 Å². The Hall–Kier alpha value is 0.314. The van der Waals surface area contributed by atoms with Crippen LogP contribution in [-0.4, -0.2) is 10.5 Å². The number of hydrogen-bond acceptors (Lipinski definition) is 1. The van der Waals surface area contributed by atoms with Crippen molar-refractivity contribution in [1.82, 2.24) is 0 Å². The fourth-order valence-electron chi connectivity index (χ4n) is 3.68. The molecule has 25 heavy (non-hydrogen) atoms. The summed E-state index contributed by atoms with van der Waals surface area (Å²) in [6, 6.07) is 8.48. The number of hydrogen-bond donors (Lipinski definition) is 1. The summed E-state index contributed by atoms with van der Waals surface area (Å²) in [5.41, 5.74) is 2.15. The molecule has 4 unspecified atom stereocenters. The van der Waals surface area contributed by atoms with Crippen molar-refractivity contribution in [3.05, 3.63) is 54.5 Å². The zero-order valence-corrected chi connectivity index (χ0v) is 19.5. The molecule has 2 rings (SSSR count). The standard InChI is InChI=1S/C22H32ClO.Y/c1-5-6-7-8-9-16-14-15-19(23)20(16)17-10-12-18(13-11-17)21(24)22(2,3)4;/h7-8,10-13,16,19-21,24H,1,5-6,9,14-15H2,2-4H3;/q-1;/b8-7-;. The summed E-state index contributed by atoms with van der Waals surface area (Å²) in [6.45, 7) is 10.1.